The molecule has 2 heterocycles. The van der Waals surface area contributed by atoms with Gasteiger partial charge in [0, 0.05) is 36.1 Å². The zero-order valence-electron chi connectivity index (χ0n) is 17.5. The first-order chi connectivity index (χ1) is 15.5. The van der Waals surface area contributed by atoms with Gasteiger partial charge in [-0.25, -0.2) is 8.42 Å². The van der Waals surface area contributed by atoms with Crippen LogP contribution in [0.3, 0.4) is 0 Å². The van der Waals surface area contributed by atoms with Crippen molar-refractivity contribution in [3.05, 3.63) is 60.7 Å². The molecule has 2 aliphatic heterocycles. The molecular weight excluding hydrogens is 428 g/mol. The Kier molecular flexibility index (Phi) is 5.48. The van der Waals surface area contributed by atoms with Crippen molar-refractivity contribution in [1.29, 1.82) is 0 Å². The molecule has 1 fully saturated rings. The van der Waals surface area contributed by atoms with Crippen molar-refractivity contribution in [2.75, 3.05) is 31.6 Å². The number of carbonyl (C=O) groups excluding carboxylic acids is 1. The Hall–Kier alpha value is -3.10. The van der Waals surface area contributed by atoms with E-state index in [1.807, 2.05) is 42.5 Å². The summed E-state index contributed by atoms with van der Waals surface area (Å²) < 4.78 is 38.7. The summed E-state index contributed by atoms with van der Waals surface area (Å²) in [4.78, 5) is 13.1. The fraction of sp³-hybridized carbons (Fsp3) is 0.292. The Morgan fingerprint density at radius 3 is 2.44 bits per heavy atom. The zero-order valence-corrected chi connectivity index (χ0v) is 18.3. The first-order valence-electron chi connectivity index (χ1n) is 10.7. The molecule has 7 nitrogen and oxygen atoms in total. The first-order valence-corrected chi connectivity index (χ1v) is 12.1. The second kappa shape index (κ2) is 8.44. The summed E-state index contributed by atoms with van der Waals surface area (Å²) in [6, 6.07) is 18.4. The third-order valence-electron chi connectivity index (χ3n) is 6.02. The molecular formula is C24H24N2O5S. The Morgan fingerprint density at radius 1 is 0.906 bits per heavy atom. The van der Waals surface area contributed by atoms with Crippen molar-refractivity contribution in [2.45, 2.75) is 17.7 Å². The molecule has 0 atom stereocenters. The SMILES string of the molecule is O=C(Nc1cccc2ccccc12)C1CCN(S(=O)(=O)c2ccc3c(c2)OCCO3)CC1. The zero-order chi connectivity index (χ0) is 22.1. The van der Waals surface area contributed by atoms with E-state index in [0.717, 1.165) is 16.5 Å². The molecule has 0 unspecified atom stereocenters. The fourth-order valence-electron chi connectivity index (χ4n) is 4.26. The van der Waals surface area contributed by atoms with Crippen LogP contribution in [0.4, 0.5) is 5.69 Å². The van der Waals surface area contributed by atoms with Gasteiger partial charge in [-0.3, -0.25) is 4.79 Å². The van der Waals surface area contributed by atoms with E-state index in [-0.39, 0.29) is 16.7 Å². The third kappa shape index (κ3) is 3.91. The van der Waals surface area contributed by atoms with E-state index in [2.05, 4.69) is 5.32 Å². The van der Waals surface area contributed by atoms with Gasteiger partial charge in [0.15, 0.2) is 11.5 Å². The van der Waals surface area contributed by atoms with E-state index in [0.29, 0.717) is 50.6 Å². The Bertz CT molecular complexity index is 1260. The Morgan fingerprint density at radius 2 is 1.62 bits per heavy atom. The van der Waals surface area contributed by atoms with E-state index in [4.69, 9.17) is 9.47 Å². The standard InChI is InChI=1S/C24H24N2O5S/c27-24(25-21-7-3-5-17-4-1-2-6-20(17)21)18-10-12-26(13-11-18)32(28,29)19-8-9-22-23(16-19)31-15-14-30-22/h1-9,16,18H,10-15H2,(H,25,27). The summed E-state index contributed by atoms with van der Waals surface area (Å²) >= 11 is 0. The highest BCUT2D eigenvalue weighted by Gasteiger charge is 2.33. The van der Waals surface area contributed by atoms with Crippen LogP contribution in [0.1, 0.15) is 12.8 Å². The van der Waals surface area contributed by atoms with Gasteiger partial charge in [0.25, 0.3) is 0 Å². The van der Waals surface area contributed by atoms with Gasteiger partial charge in [0.1, 0.15) is 13.2 Å². The maximum atomic E-state index is 13.1. The van der Waals surface area contributed by atoms with Gasteiger partial charge in [-0.1, -0.05) is 36.4 Å². The van der Waals surface area contributed by atoms with Crippen LogP contribution >= 0.6 is 0 Å². The van der Waals surface area contributed by atoms with Crippen molar-refractivity contribution in [3.63, 3.8) is 0 Å². The monoisotopic (exact) mass is 452 g/mol. The molecule has 32 heavy (non-hydrogen) atoms. The number of rotatable bonds is 4. The topological polar surface area (TPSA) is 84.9 Å². The van der Waals surface area contributed by atoms with E-state index in [9.17, 15) is 13.2 Å². The summed E-state index contributed by atoms with van der Waals surface area (Å²) in [5, 5.41) is 5.09. The Balaban J connectivity index is 1.26. The molecule has 1 saturated heterocycles. The van der Waals surface area contributed by atoms with Gasteiger partial charge >= 0.3 is 0 Å². The van der Waals surface area contributed by atoms with Crippen molar-refractivity contribution >= 4 is 32.4 Å². The predicted octanol–water partition coefficient (Wildman–Crippen LogP) is 3.65. The van der Waals surface area contributed by atoms with Crippen LogP contribution in [0.25, 0.3) is 10.8 Å². The van der Waals surface area contributed by atoms with E-state index < -0.39 is 10.0 Å². The minimum atomic E-state index is -3.67. The number of hydrogen-bond donors (Lipinski definition) is 1. The molecule has 2 aliphatic rings. The van der Waals surface area contributed by atoms with Gasteiger partial charge in [-0.15, -0.1) is 0 Å². The van der Waals surface area contributed by atoms with Crippen LogP contribution in [0, 0.1) is 5.92 Å². The highest BCUT2D eigenvalue weighted by atomic mass is 32.2. The maximum Gasteiger partial charge on any atom is 0.243 e. The molecule has 0 radical (unpaired) electrons. The second-order valence-corrected chi connectivity index (χ2v) is 9.94. The quantitative estimate of drug-likeness (QED) is 0.653. The number of piperidine rings is 1. The summed E-state index contributed by atoms with van der Waals surface area (Å²) in [7, 11) is -3.67. The molecule has 0 aliphatic carbocycles. The number of hydrogen-bond acceptors (Lipinski definition) is 5. The number of sulfonamides is 1. The van der Waals surface area contributed by atoms with Crippen LogP contribution in [0.5, 0.6) is 11.5 Å². The van der Waals surface area contributed by atoms with Gasteiger partial charge in [-0.2, -0.15) is 4.31 Å². The van der Waals surface area contributed by atoms with Crippen LogP contribution in [-0.4, -0.2) is 44.9 Å². The lowest BCUT2D eigenvalue weighted by atomic mass is 9.97. The second-order valence-electron chi connectivity index (χ2n) is 8.00. The first kappa shape index (κ1) is 20.8. The number of carbonyl (C=O) groups is 1. The molecule has 1 amide bonds. The highest BCUT2D eigenvalue weighted by molar-refractivity contribution is 7.89. The summed E-state index contributed by atoms with van der Waals surface area (Å²) in [5.41, 5.74) is 0.777. The molecule has 8 heteroatoms. The number of nitrogens with one attached hydrogen (secondary N) is 1. The Labute approximate surface area is 187 Å². The minimum Gasteiger partial charge on any atom is -0.486 e. The minimum absolute atomic E-state index is 0.0715. The van der Waals surface area contributed by atoms with Crippen LogP contribution in [0.15, 0.2) is 65.6 Å². The average molecular weight is 453 g/mol. The molecule has 0 aromatic heterocycles. The molecule has 0 saturated carbocycles. The predicted molar refractivity (Wildman–Crippen MR) is 121 cm³/mol. The smallest absolute Gasteiger partial charge is 0.243 e. The normalized spacial score (nSPS) is 17.2. The van der Waals surface area contributed by atoms with Crippen molar-refractivity contribution in [3.8, 4) is 11.5 Å². The van der Waals surface area contributed by atoms with Gasteiger partial charge in [0.05, 0.1) is 4.90 Å². The molecule has 0 bridgehead atoms. The summed E-state index contributed by atoms with van der Waals surface area (Å²) in [6.45, 7) is 1.44. The molecule has 166 valence electrons. The van der Waals surface area contributed by atoms with Gasteiger partial charge < -0.3 is 14.8 Å². The molecule has 3 aromatic carbocycles. The number of benzene rings is 3. The lowest BCUT2D eigenvalue weighted by Crippen LogP contribution is -2.41. The molecule has 0 spiro atoms. The number of amides is 1. The van der Waals surface area contributed by atoms with Crippen LogP contribution < -0.4 is 14.8 Å². The average Bonchev–Trinajstić information content (AvgIpc) is 2.84. The van der Waals surface area contributed by atoms with Crippen molar-refractivity contribution < 1.29 is 22.7 Å². The van der Waals surface area contributed by atoms with Crippen molar-refractivity contribution in [1.82, 2.24) is 4.31 Å². The fourth-order valence-corrected chi connectivity index (χ4v) is 5.75. The number of anilines is 1. The van der Waals surface area contributed by atoms with E-state index in [1.165, 1.54) is 10.4 Å². The number of ether oxygens (including phenoxy) is 2. The van der Waals surface area contributed by atoms with Crippen molar-refractivity contribution in [2.24, 2.45) is 5.92 Å². The van der Waals surface area contributed by atoms with Gasteiger partial charge in [0.2, 0.25) is 15.9 Å². The summed E-state index contributed by atoms with van der Waals surface area (Å²) in [5.74, 6) is 0.694. The highest BCUT2D eigenvalue weighted by Crippen LogP contribution is 2.34. The molecule has 3 aromatic rings. The van der Waals surface area contributed by atoms with Crippen LogP contribution in [0.2, 0.25) is 0 Å². The molecule has 1 N–H and O–H groups in total. The van der Waals surface area contributed by atoms with E-state index in [1.54, 1.807) is 12.1 Å². The van der Waals surface area contributed by atoms with Gasteiger partial charge in [-0.05, 0) is 36.4 Å². The largest absolute Gasteiger partial charge is 0.486 e. The number of fused-ring (bicyclic) bond motifs is 2. The lowest BCUT2D eigenvalue weighted by molar-refractivity contribution is -0.120. The van der Waals surface area contributed by atoms with E-state index >= 15 is 0 Å². The third-order valence-corrected chi connectivity index (χ3v) is 7.92. The maximum absolute atomic E-state index is 13.1. The lowest BCUT2D eigenvalue weighted by Gasteiger charge is -2.31. The molecule has 5 rings (SSSR count). The van der Waals surface area contributed by atoms with Crippen LogP contribution in [-0.2, 0) is 14.8 Å². The number of nitrogens with zero attached hydrogens (tertiary/aromatic N) is 1. The summed E-state index contributed by atoms with van der Waals surface area (Å²) in [6.07, 6.45) is 0.945.